The molecule has 0 radical (unpaired) electrons. The Balaban J connectivity index is 1.17. The van der Waals surface area contributed by atoms with Gasteiger partial charge in [-0.2, -0.15) is 0 Å². The molecule has 60 heavy (non-hydrogen) atoms. The van der Waals surface area contributed by atoms with Crippen LogP contribution in [0.4, 0.5) is 4.79 Å². The van der Waals surface area contributed by atoms with Crippen LogP contribution in [0.15, 0.2) is 140 Å². The summed E-state index contributed by atoms with van der Waals surface area (Å²) in [6.45, 7) is 1.84. The van der Waals surface area contributed by atoms with Gasteiger partial charge in [0, 0.05) is 12.3 Å². The molecule has 7 N–H and O–H groups in total. The number of rotatable bonds is 19. The molecule has 0 unspecified atom stereocenters. The maximum Gasteiger partial charge on any atom is 0.407 e. The van der Waals surface area contributed by atoms with Crippen LogP contribution in [0.2, 0.25) is 0 Å². The molecule has 0 aromatic heterocycles. The summed E-state index contributed by atoms with van der Waals surface area (Å²) in [5, 5.41) is 20.9. The molecule has 0 saturated heterocycles. The lowest BCUT2D eigenvalue weighted by Gasteiger charge is -2.37. The van der Waals surface area contributed by atoms with E-state index in [4.69, 9.17) is 10.5 Å². The average molecular weight is 810 g/mol. The second kappa shape index (κ2) is 20.3. The second-order valence-corrected chi connectivity index (χ2v) is 14.9. The van der Waals surface area contributed by atoms with E-state index in [-0.39, 0.29) is 31.8 Å². The molecule has 0 saturated carbocycles. The van der Waals surface area contributed by atoms with E-state index in [9.17, 15) is 29.1 Å². The highest BCUT2D eigenvalue weighted by atomic mass is 16.5. The maximum absolute atomic E-state index is 14.2. The highest BCUT2D eigenvalue weighted by Gasteiger charge is 2.38. The summed E-state index contributed by atoms with van der Waals surface area (Å²) in [4.78, 5) is 66.9. The van der Waals surface area contributed by atoms with E-state index in [1.54, 1.807) is 0 Å². The normalized spacial score (nSPS) is 13.4. The van der Waals surface area contributed by atoms with E-state index in [0.29, 0.717) is 19.4 Å². The second-order valence-electron chi connectivity index (χ2n) is 14.9. The average Bonchev–Trinajstić information content (AvgIpc) is 3.59. The summed E-state index contributed by atoms with van der Waals surface area (Å²) < 4.78 is 5.64. The minimum absolute atomic E-state index is 0.0332. The summed E-state index contributed by atoms with van der Waals surface area (Å²) in [6.07, 6.45) is -0.117. The first-order valence-corrected chi connectivity index (χ1v) is 20.2. The number of ether oxygens (including phenoxy) is 1. The van der Waals surface area contributed by atoms with Gasteiger partial charge >= 0.3 is 12.1 Å². The molecule has 310 valence electrons. The summed E-state index contributed by atoms with van der Waals surface area (Å²) in [5.74, 6) is -3.38. The predicted molar refractivity (Wildman–Crippen MR) is 229 cm³/mol. The lowest BCUT2D eigenvalue weighted by atomic mass is 9.77. The summed E-state index contributed by atoms with van der Waals surface area (Å²) in [7, 11) is 0. The van der Waals surface area contributed by atoms with Crippen molar-refractivity contribution >= 4 is 29.8 Å². The fourth-order valence-corrected chi connectivity index (χ4v) is 7.80. The van der Waals surface area contributed by atoms with Crippen molar-refractivity contribution in [1.82, 2.24) is 21.3 Å². The quantitative estimate of drug-likeness (QED) is 0.0434. The van der Waals surface area contributed by atoms with E-state index >= 15 is 0 Å². The van der Waals surface area contributed by atoms with Crippen molar-refractivity contribution in [2.45, 2.75) is 68.6 Å². The molecule has 5 aromatic rings. The molecule has 0 spiro atoms. The van der Waals surface area contributed by atoms with Crippen LogP contribution < -0.4 is 27.0 Å². The van der Waals surface area contributed by atoms with E-state index in [0.717, 1.165) is 38.9 Å². The molecule has 0 fully saturated rings. The molecule has 1 aliphatic carbocycles. The number of hydrogen-bond acceptors (Lipinski definition) is 7. The number of aliphatic carboxylic acids is 1. The van der Waals surface area contributed by atoms with Gasteiger partial charge in [0.15, 0.2) is 0 Å². The third kappa shape index (κ3) is 10.1. The standard InChI is InChI=1S/C48H51N5O7/c1-32(50-47(59)60-31-40-38-25-13-11-23-36(38)37-24-12-14-26-39(37)40)44(55)51-41(45(56)52-42(46(57)58)27-15-16-30-49)28-29-43(54)53-48(33-17-5-2-6-18-33,34-19-7-3-8-20-34)35-21-9-4-10-22-35/h2-14,17-26,32,40-42H,15-16,27-31,49H2,1H3,(H,50,59)(H,51,55)(H,52,56)(H,53,54)(H,57,58)/t32-,41-,42-/m0/s1. The zero-order valence-corrected chi connectivity index (χ0v) is 33.5. The fraction of sp³-hybridized carbons (Fsp3) is 0.271. The van der Waals surface area contributed by atoms with E-state index in [2.05, 4.69) is 21.3 Å². The number of nitrogens with one attached hydrogen (secondary N) is 4. The van der Waals surface area contributed by atoms with Gasteiger partial charge in [-0.15, -0.1) is 0 Å². The largest absolute Gasteiger partial charge is 0.480 e. The van der Waals surface area contributed by atoms with Gasteiger partial charge in [0.1, 0.15) is 30.3 Å². The Labute approximate surface area is 349 Å². The Morgan fingerprint density at radius 3 is 1.62 bits per heavy atom. The first kappa shape index (κ1) is 42.8. The Morgan fingerprint density at radius 2 is 1.12 bits per heavy atom. The Hall–Kier alpha value is -6.79. The molecular weight excluding hydrogens is 759 g/mol. The van der Waals surface area contributed by atoms with Crippen molar-refractivity contribution in [3.63, 3.8) is 0 Å². The van der Waals surface area contributed by atoms with Crippen LogP contribution >= 0.6 is 0 Å². The molecule has 6 rings (SSSR count). The van der Waals surface area contributed by atoms with Gasteiger partial charge in [0.05, 0.1) is 0 Å². The Morgan fingerprint density at radius 1 is 0.633 bits per heavy atom. The number of alkyl carbamates (subject to hydrolysis) is 1. The lowest BCUT2D eigenvalue weighted by molar-refractivity contribution is -0.142. The molecule has 3 atom stereocenters. The highest BCUT2D eigenvalue weighted by Crippen LogP contribution is 2.44. The first-order valence-electron chi connectivity index (χ1n) is 20.2. The molecule has 0 bridgehead atoms. The minimum atomic E-state index is -1.34. The van der Waals surface area contributed by atoms with Crippen LogP contribution in [-0.2, 0) is 29.5 Å². The lowest BCUT2D eigenvalue weighted by Crippen LogP contribution is -2.55. The first-order chi connectivity index (χ1) is 29.1. The summed E-state index contributed by atoms with van der Waals surface area (Å²) in [6, 6.07) is 40.7. The molecule has 5 aromatic carbocycles. The SMILES string of the molecule is C[C@H](NC(=O)OCC1c2ccccc2-c2ccccc21)C(=O)N[C@@H](CCC(=O)NC(c1ccccc1)(c1ccccc1)c1ccccc1)C(=O)N[C@@H](CCCCN)C(=O)O. The van der Waals surface area contributed by atoms with Crippen molar-refractivity contribution in [1.29, 1.82) is 0 Å². The summed E-state index contributed by atoms with van der Waals surface area (Å²) in [5.41, 5.74) is 11.1. The third-order valence-electron chi connectivity index (χ3n) is 10.9. The number of unbranched alkanes of at least 4 members (excludes halogenated alkanes) is 1. The number of benzene rings is 5. The Kier molecular flexibility index (Phi) is 14.5. The van der Waals surface area contributed by atoms with Gasteiger partial charge in [-0.05, 0) is 78.1 Å². The van der Waals surface area contributed by atoms with Gasteiger partial charge in [-0.3, -0.25) is 14.4 Å². The van der Waals surface area contributed by atoms with Crippen LogP contribution in [-0.4, -0.2) is 66.2 Å². The van der Waals surface area contributed by atoms with Gasteiger partial charge in [-0.25, -0.2) is 9.59 Å². The molecular formula is C48H51N5O7. The molecule has 12 nitrogen and oxygen atoms in total. The molecule has 12 heteroatoms. The molecule has 0 aliphatic heterocycles. The van der Waals surface area contributed by atoms with Crippen LogP contribution in [0, 0.1) is 0 Å². The van der Waals surface area contributed by atoms with Crippen LogP contribution in [0.5, 0.6) is 0 Å². The van der Waals surface area contributed by atoms with Crippen LogP contribution in [0.25, 0.3) is 11.1 Å². The monoisotopic (exact) mass is 809 g/mol. The number of carboxylic acid groups (broad SMARTS) is 1. The Bertz CT molecular complexity index is 2110. The predicted octanol–water partition coefficient (Wildman–Crippen LogP) is 5.99. The number of fused-ring (bicyclic) bond motifs is 3. The number of nitrogens with two attached hydrogens (primary N) is 1. The zero-order chi connectivity index (χ0) is 42.5. The van der Waals surface area contributed by atoms with Crippen molar-refractivity contribution < 1.29 is 33.8 Å². The van der Waals surface area contributed by atoms with Gasteiger partial charge in [0.25, 0.3) is 0 Å². The number of carboxylic acids is 1. The van der Waals surface area contributed by atoms with Crippen molar-refractivity contribution in [2.75, 3.05) is 13.2 Å². The van der Waals surface area contributed by atoms with Crippen molar-refractivity contribution in [2.24, 2.45) is 5.73 Å². The number of hydrogen-bond donors (Lipinski definition) is 6. The highest BCUT2D eigenvalue weighted by molar-refractivity contribution is 5.93. The molecule has 0 heterocycles. The molecule has 4 amide bonds. The maximum atomic E-state index is 14.2. The van der Waals surface area contributed by atoms with Crippen molar-refractivity contribution in [3.05, 3.63) is 167 Å². The number of carbonyl (C=O) groups excluding carboxylic acids is 4. The van der Waals surface area contributed by atoms with Crippen molar-refractivity contribution in [3.8, 4) is 11.1 Å². The smallest absolute Gasteiger partial charge is 0.407 e. The fourth-order valence-electron chi connectivity index (χ4n) is 7.80. The topological polar surface area (TPSA) is 189 Å². The number of amides is 4. The number of carbonyl (C=O) groups is 5. The summed E-state index contributed by atoms with van der Waals surface area (Å²) >= 11 is 0. The van der Waals surface area contributed by atoms with Gasteiger partial charge in [0.2, 0.25) is 17.7 Å². The van der Waals surface area contributed by atoms with Crippen LogP contribution in [0.3, 0.4) is 0 Å². The van der Waals surface area contributed by atoms with E-state index in [1.165, 1.54) is 6.92 Å². The minimum Gasteiger partial charge on any atom is -0.480 e. The van der Waals surface area contributed by atoms with Gasteiger partial charge < -0.3 is 36.8 Å². The van der Waals surface area contributed by atoms with E-state index in [1.807, 2.05) is 140 Å². The molecule has 1 aliphatic rings. The van der Waals surface area contributed by atoms with Crippen LogP contribution in [0.1, 0.15) is 72.8 Å². The zero-order valence-electron chi connectivity index (χ0n) is 33.5. The van der Waals surface area contributed by atoms with Gasteiger partial charge in [-0.1, -0.05) is 140 Å². The van der Waals surface area contributed by atoms with E-state index < -0.39 is 53.4 Å². The third-order valence-corrected chi connectivity index (χ3v) is 10.9.